The molecule has 0 unspecified atom stereocenters. The van der Waals surface area contributed by atoms with E-state index in [-0.39, 0.29) is 5.79 Å². The van der Waals surface area contributed by atoms with Gasteiger partial charge in [0.05, 0.1) is 19.4 Å². The van der Waals surface area contributed by atoms with E-state index in [4.69, 9.17) is 14.2 Å². The third-order valence-corrected chi connectivity index (χ3v) is 4.63. The SMILES string of the molecule is c1ccc(COc2ccc(N3CCC4(CC3)OCCO4)nc2)cc1. The molecule has 4 rings (SSSR count). The molecule has 0 bridgehead atoms. The predicted molar refractivity (Wildman–Crippen MR) is 91.1 cm³/mol. The smallest absolute Gasteiger partial charge is 0.171 e. The molecule has 2 aliphatic rings. The van der Waals surface area contributed by atoms with Crippen LogP contribution in [0.25, 0.3) is 0 Å². The molecular weight excluding hydrogens is 304 g/mol. The molecule has 3 heterocycles. The van der Waals surface area contributed by atoms with E-state index in [1.54, 1.807) is 6.20 Å². The first-order valence-corrected chi connectivity index (χ1v) is 8.49. The van der Waals surface area contributed by atoms with Crippen LogP contribution in [0.3, 0.4) is 0 Å². The van der Waals surface area contributed by atoms with Crippen LogP contribution in [0.4, 0.5) is 5.82 Å². The Hall–Kier alpha value is -2.11. The Labute approximate surface area is 142 Å². The van der Waals surface area contributed by atoms with Crippen molar-refractivity contribution in [3.05, 3.63) is 54.2 Å². The van der Waals surface area contributed by atoms with Crippen molar-refractivity contribution in [3.8, 4) is 5.75 Å². The molecule has 1 aromatic carbocycles. The third-order valence-electron chi connectivity index (χ3n) is 4.63. The zero-order valence-electron chi connectivity index (χ0n) is 13.7. The normalized spacial score (nSPS) is 19.6. The Morgan fingerprint density at radius 2 is 1.75 bits per heavy atom. The van der Waals surface area contributed by atoms with E-state index < -0.39 is 0 Å². The van der Waals surface area contributed by atoms with Crippen LogP contribution < -0.4 is 9.64 Å². The second-order valence-electron chi connectivity index (χ2n) is 6.22. The fraction of sp³-hybridized carbons (Fsp3) is 0.421. The summed E-state index contributed by atoms with van der Waals surface area (Å²) in [7, 11) is 0. The van der Waals surface area contributed by atoms with Crippen molar-refractivity contribution in [3.63, 3.8) is 0 Å². The highest BCUT2D eigenvalue weighted by molar-refractivity contribution is 5.41. The van der Waals surface area contributed by atoms with Gasteiger partial charge in [-0.2, -0.15) is 0 Å². The molecule has 126 valence electrons. The van der Waals surface area contributed by atoms with E-state index >= 15 is 0 Å². The average molecular weight is 326 g/mol. The quantitative estimate of drug-likeness (QED) is 0.864. The molecule has 0 N–H and O–H groups in total. The molecular formula is C19H22N2O3. The van der Waals surface area contributed by atoms with Gasteiger partial charge in [-0.05, 0) is 17.7 Å². The van der Waals surface area contributed by atoms with Gasteiger partial charge in [0, 0.05) is 25.9 Å². The molecule has 0 radical (unpaired) electrons. The zero-order chi connectivity index (χ0) is 16.2. The standard InChI is InChI=1S/C19H22N2O3/c1-2-4-16(5-3-1)15-22-17-6-7-18(20-14-17)21-10-8-19(9-11-21)23-12-13-24-19/h1-7,14H,8-13,15H2. The second-order valence-corrected chi connectivity index (χ2v) is 6.22. The highest BCUT2D eigenvalue weighted by atomic mass is 16.7. The van der Waals surface area contributed by atoms with Crippen molar-refractivity contribution in [2.24, 2.45) is 0 Å². The molecule has 24 heavy (non-hydrogen) atoms. The van der Waals surface area contributed by atoms with E-state index in [1.165, 1.54) is 0 Å². The number of piperidine rings is 1. The van der Waals surface area contributed by atoms with Crippen LogP contribution in [0.15, 0.2) is 48.7 Å². The molecule has 2 fully saturated rings. The Morgan fingerprint density at radius 1 is 1.00 bits per heavy atom. The molecule has 2 aromatic rings. The number of hydrogen-bond donors (Lipinski definition) is 0. The van der Waals surface area contributed by atoms with Gasteiger partial charge in [-0.15, -0.1) is 0 Å². The third kappa shape index (κ3) is 3.37. The minimum atomic E-state index is -0.338. The van der Waals surface area contributed by atoms with Gasteiger partial charge in [0.1, 0.15) is 18.2 Å². The number of pyridine rings is 1. The van der Waals surface area contributed by atoms with Gasteiger partial charge in [-0.3, -0.25) is 0 Å². The van der Waals surface area contributed by atoms with E-state index in [0.29, 0.717) is 19.8 Å². The maximum absolute atomic E-state index is 5.79. The molecule has 1 spiro atoms. The molecule has 0 amide bonds. The average Bonchev–Trinajstić information content (AvgIpc) is 3.10. The number of anilines is 1. The second kappa shape index (κ2) is 6.79. The van der Waals surface area contributed by atoms with Crippen molar-refractivity contribution < 1.29 is 14.2 Å². The van der Waals surface area contributed by atoms with Crippen molar-refractivity contribution in [1.29, 1.82) is 0 Å². The van der Waals surface area contributed by atoms with Crippen LogP contribution in [0.5, 0.6) is 5.75 Å². The van der Waals surface area contributed by atoms with E-state index in [1.807, 2.05) is 30.3 Å². The number of benzene rings is 1. The maximum Gasteiger partial charge on any atom is 0.171 e. The molecule has 5 nitrogen and oxygen atoms in total. The first-order chi connectivity index (χ1) is 11.8. The summed E-state index contributed by atoms with van der Waals surface area (Å²) in [5.41, 5.74) is 1.15. The molecule has 0 aliphatic carbocycles. The summed E-state index contributed by atoms with van der Waals surface area (Å²) in [6.45, 7) is 3.79. The summed E-state index contributed by atoms with van der Waals surface area (Å²) in [5.74, 6) is 1.43. The number of hydrogen-bond acceptors (Lipinski definition) is 5. The van der Waals surface area contributed by atoms with Crippen LogP contribution in [0, 0.1) is 0 Å². The Balaban J connectivity index is 1.32. The lowest BCUT2D eigenvalue weighted by atomic mass is 10.0. The summed E-state index contributed by atoms with van der Waals surface area (Å²) in [4.78, 5) is 6.82. The summed E-state index contributed by atoms with van der Waals surface area (Å²) >= 11 is 0. The molecule has 1 aromatic heterocycles. The maximum atomic E-state index is 5.79. The highest BCUT2D eigenvalue weighted by Crippen LogP contribution is 2.32. The van der Waals surface area contributed by atoms with Gasteiger partial charge in [0.15, 0.2) is 5.79 Å². The van der Waals surface area contributed by atoms with Gasteiger partial charge in [-0.25, -0.2) is 4.98 Å². The largest absolute Gasteiger partial charge is 0.487 e. The van der Waals surface area contributed by atoms with Crippen molar-refractivity contribution in [2.45, 2.75) is 25.2 Å². The van der Waals surface area contributed by atoms with Gasteiger partial charge < -0.3 is 19.1 Å². The minimum Gasteiger partial charge on any atom is -0.487 e. The Morgan fingerprint density at radius 3 is 2.42 bits per heavy atom. The molecule has 0 atom stereocenters. The van der Waals surface area contributed by atoms with Crippen LogP contribution in [-0.2, 0) is 16.1 Å². The van der Waals surface area contributed by atoms with E-state index in [0.717, 1.165) is 43.1 Å². The van der Waals surface area contributed by atoms with Crippen LogP contribution in [-0.4, -0.2) is 37.1 Å². The fourth-order valence-electron chi connectivity index (χ4n) is 3.25. The lowest BCUT2D eigenvalue weighted by Crippen LogP contribution is -2.45. The molecule has 2 saturated heterocycles. The predicted octanol–water partition coefficient (Wildman–Crippen LogP) is 3.00. The Bertz CT molecular complexity index is 644. The number of ether oxygens (including phenoxy) is 3. The number of aromatic nitrogens is 1. The topological polar surface area (TPSA) is 43.8 Å². The van der Waals surface area contributed by atoms with Crippen molar-refractivity contribution in [1.82, 2.24) is 4.98 Å². The summed E-state index contributed by atoms with van der Waals surface area (Å²) in [6, 6.07) is 14.1. The van der Waals surface area contributed by atoms with Crippen LogP contribution in [0.2, 0.25) is 0 Å². The fourth-order valence-corrected chi connectivity index (χ4v) is 3.25. The minimum absolute atomic E-state index is 0.338. The zero-order valence-corrected chi connectivity index (χ0v) is 13.7. The van der Waals surface area contributed by atoms with E-state index in [2.05, 4.69) is 22.0 Å². The van der Waals surface area contributed by atoms with Crippen LogP contribution >= 0.6 is 0 Å². The van der Waals surface area contributed by atoms with Gasteiger partial charge >= 0.3 is 0 Å². The van der Waals surface area contributed by atoms with Crippen molar-refractivity contribution >= 4 is 5.82 Å². The first kappa shape index (κ1) is 15.4. The Kier molecular flexibility index (Phi) is 4.36. The first-order valence-electron chi connectivity index (χ1n) is 8.49. The monoisotopic (exact) mass is 326 g/mol. The number of nitrogens with zero attached hydrogens (tertiary/aromatic N) is 2. The molecule has 0 saturated carbocycles. The lowest BCUT2D eigenvalue weighted by molar-refractivity contribution is -0.169. The number of rotatable bonds is 4. The highest BCUT2D eigenvalue weighted by Gasteiger charge is 2.39. The molecule has 2 aliphatic heterocycles. The van der Waals surface area contributed by atoms with Crippen molar-refractivity contribution in [2.75, 3.05) is 31.2 Å². The van der Waals surface area contributed by atoms with Gasteiger partial charge in [0.2, 0.25) is 0 Å². The van der Waals surface area contributed by atoms with Gasteiger partial charge in [-0.1, -0.05) is 30.3 Å². The van der Waals surface area contributed by atoms with Gasteiger partial charge in [0.25, 0.3) is 0 Å². The summed E-state index contributed by atoms with van der Waals surface area (Å²) in [6.07, 6.45) is 3.58. The van der Waals surface area contributed by atoms with E-state index in [9.17, 15) is 0 Å². The summed E-state index contributed by atoms with van der Waals surface area (Å²) in [5, 5.41) is 0. The summed E-state index contributed by atoms with van der Waals surface area (Å²) < 4.78 is 17.3. The van der Waals surface area contributed by atoms with Crippen LogP contribution in [0.1, 0.15) is 18.4 Å². The molecule has 5 heteroatoms. The lowest BCUT2D eigenvalue weighted by Gasteiger charge is -2.38.